The highest BCUT2D eigenvalue weighted by atomic mass is 127. The van der Waals surface area contributed by atoms with Crippen molar-refractivity contribution in [3.63, 3.8) is 0 Å². The lowest BCUT2D eigenvalue weighted by molar-refractivity contribution is 0.740. The van der Waals surface area contributed by atoms with Gasteiger partial charge >= 0.3 is 0 Å². The van der Waals surface area contributed by atoms with Crippen LogP contribution in [0.5, 0.6) is 0 Å². The van der Waals surface area contributed by atoms with Crippen LogP contribution in [0.4, 0.5) is 5.69 Å². The van der Waals surface area contributed by atoms with Crippen molar-refractivity contribution < 1.29 is 0 Å². The highest BCUT2D eigenvalue weighted by molar-refractivity contribution is 14.1. The zero-order valence-electron chi connectivity index (χ0n) is 10.5. The Morgan fingerprint density at radius 3 is 2.50 bits per heavy atom. The first-order chi connectivity index (χ1) is 8.41. The maximum absolute atomic E-state index is 4.73. The minimum Gasteiger partial charge on any atom is -0.257 e. The average molecular weight is 461 g/mol. The average Bonchev–Trinajstić information content (AvgIpc) is 2.49. The molecule has 1 aliphatic heterocycles. The number of hydrogen-bond acceptors (Lipinski definition) is 1. The molecule has 0 spiro atoms. The van der Waals surface area contributed by atoms with Gasteiger partial charge in [-0.3, -0.25) is 4.99 Å². The topological polar surface area (TPSA) is 12.4 Å². The van der Waals surface area contributed by atoms with E-state index in [2.05, 4.69) is 90.2 Å². The Hall–Kier alpha value is -0.170. The van der Waals surface area contributed by atoms with Crippen molar-refractivity contribution in [1.29, 1.82) is 0 Å². The lowest BCUT2D eigenvalue weighted by Crippen LogP contribution is -2.23. The van der Waals surface area contributed by atoms with Crippen LogP contribution in [-0.4, -0.2) is 5.71 Å². The Balaban J connectivity index is 2.47. The standard InChI is InChI=1S/C15H13I2N/c1-8-15(2,3)14-11-6-9(16)7-12(17)10(11)4-5-13(14)18-8/h4-7H,1-3H3. The summed E-state index contributed by atoms with van der Waals surface area (Å²) in [4.78, 5) is 4.73. The molecule has 0 amide bonds. The van der Waals surface area contributed by atoms with Crippen LogP contribution in [0.1, 0.15) is 26.3 Å². The minimum atomic E-state index is 0.0440. The van der Waals surface area contributed by atoms with E-state index >= 15 is 0 Å². The number of rotatable bonds is 0. The monoisotopic (exact) mass is 461 g/mol. The van der Waals surface area contributed by atoms with Gasteiger partial charge in [0.25, 0.3) is 0 Å². The van der Waals surface area contributed by atoms with Crippen LogP contribution in [-0.2, 0) is 5.41 Å². The Kier molecular flexibility index (Phi) is 2.97. The molecule has 0 saturated heterocycles. The molecule has 0 unspecified atom stereocenters. The Morgan fingerprint density at radius 2 is 1.78 bits per heavy atom. The summed E-state index contributed by atoms with van der Waals surface area (Å²) in [7, 11) is 0. The summed E-state index contributed by atoms with van der Waals surface area (Å²) in [6.45, 7) is 6.67. The first kappa shape index (κ1) is 12.8. The number of hydrogen-bond donors (Lipinski definition) is 0. The van der Waals surface area contributed by atoms with Gasteiger partial charge in [-0.25, -0.2) is 0 Å². The summed E-state index contributed by atoms with van der Waals surface area (Å²) >= 11 is 4.82. The molecule has 0 bridgehead atoms. The van der Waals surface area contributed by atoms with Gasteiger partial charge in [-0.05, 0) is 86.6 Å². The lowest BCUT2D eigenvalue weighted by Gasteiger charge is -2.22. The van der Waals surface area contributed by atoms with Crippen LogP contribution in [0.15, 0.2) is 29.3 Å². The largest absolute Gasteiger partial charge is 0.257 e. The molecule has 0 fully saturated rings. The molecule has 3 heteroatoms. The summed E-state index contributed by atoms with van der Waals surface area (Å²) in [5.41, 5.74) is 3.78. The zero-order chi connectivity index (χ0) is 13.1. The van der Waals surface area contributed by atoms with Crippen LogP contribution in [0.2, 0.25) is 0 Å². The molecular weight excluding hydrogens is 448 g/mol. The van der Waals surface area contributed by atoms with Gasteiger partial charge in [0.15, 0.2) is 0 Å². The van der Waals surface area contributed by atoms with Crippen molar-refractivity contribution in [3.8, 4) is 0 Å². The minimum absolute atomic E-state index is 0.0440. The fourth-order valence-corrected chi connectivity index (χ4v) is 4.62. The quantitative estimate of drug-likeness (QED) is 0.464. The number of benzene rings is 2. The van der Waals surface area contributed by atoms with Crippen LogP contribution >= 0.6 is 45.2 Å². The molecule has 18 heavy (non-hydrogen) atoms. The second-order valence-corrected chi connectivity index (χ2v) is 7.67. The molecular formula is C15H13I2N. The third-order valence-corrected chi connectivity index (χ3v) is 5.36. The summed E-state index contributed by atoms with van der Waals surface area (Å²) in [6, 6.07) is 8.87. The van der Waals surface area contributed by atoms with Gasteiger partial charge in [-0.1, -0.05) is 19.9 Å². The number of fused-ring (bicyclic) bond motifs is 3. The van der Waals surface area contributed by atoms with Gasteiger partial charge in [0, 0.05) is 18.3 Å². The van der Waals surface area contributed by atoms with E-state index in [0.717, 1.165) is 5.69 Å². The van der Waals surface area contributed by atoms with Crippen LogP contribution < -0.4 is 0 Å². The first-order valence-corrected chi connectivity index (χ1v) is 8.05. The molecule has 3 rings (SSSR count). The van der Waals surface area contributed by atoms with Crippen molar-refractivity contribution in [1.82, 2.24) is 0 Å². The second kappa shape index (κ2) is 4.16. The molecule has 1 aliphatic rings. The van der Waals surface area contributed by atoms with E-state index in [1.807, 2.05) is 0 Å². The third kappa shape index (κ3) is 1.73. The molecule has 0 aliphatic carbocycles. The summed E-state index contributed by atoms with van der Waals surface area (Å²) in [5, 5.41) is 2.70. The van der Waals surface area contributed by atoms with Crippen molar-refractivity contribution in [2.24, 2.45) is 4.99 Å². The van der Waals surface area contributed by atoms with Crippen LogP contribution in [0.3, 0.4) is 0 Å². The van der Waals surface area contributed by atoms with E-state index in [9.17, 15) is 0 Å². The van der Waals surface area contributed by atoms with Gasteiger partial charge in [-0.2, -0.15) is 0 Å². The lowest BCUT2D eigenvalue weighted by atomic mass is 9.80. The summed E-state index contributed by atoms with van der Waals surface area (Å²) < 4.78 is 2.61. The second-order valence-electron chi connectivity index (χ2n) is 5.26. The van der Waals surface area contributed by atoms with E-state index < -0.39 is 0 Å². The van der Waals surface area contributed by atoms with Crippen LogP contribution in [0.25, 0.3) is 10.8 Å². The van der Waals surface area contributed by atoms with E-state index in [4.69, 9.17) is 4.99 Å². The number of aliphatic imine (C=N–C) groups is 1. The van der Waals surface area contributed by atoms with Crippen molar-refractivity contribution in [2.75, 3.05) is 0 Å². The normalized spacial score (nSPS) is 16.8. The van der Waals surface area contributed by atoms with E-state index in [1.54, 1.807) is 0 Å². The fraction of sp³-hybridized carbons (Fsp3) is 0.267. The molecule has 1 heterocycles. The van der Waals surface area contributed by atoms with Crippen molar-refractivity contribution in [3.05, 3.63) is 37.0 Å². The first-order valence-electron chi connectivity index (χ1n) is 5.89. The molecule has 1 nitrogen and oxygen atoms in total. The van der Waals surface area contributed by atoms with Gasteiger partial charge in [0.2, 0.25) is 0 Å². The molecule has 92 valence electrons. The number of halogens is 2. The van der Waals surface area contributed by atoms with Crippen molar-refractivity contribution in [2.45, 2.75) is 26.2 Å². The predicted molar refractivity (Wildman–Crippen MR) is 95.2 cm³/mol. The summed E-state index contributed by atoms with van der Waals surface area (Å²) in [6.07, 6.45) is 0. The maximum Gasteiger partial charge on any atom is 0.0677 e. The van der Waals surface area contributed by atoms with Gasteiger partial charge in [-0.15, -0.1) is 0 Å². The van der Waals surface area contributed by atoms with Crippen LogP contribution in [0, 0.1) is 7.14 Å². The van der Waals surface area contributed by atoms with Crippen molar-refractivity contribution >= 4 is 67.4 Å². The van der Waals surface area contributed by atoms with Gasteiger partial charge in [0.1, 0.15) is 0 Å². The highest BCUT2D eigenvalue weighted by Gasteiger charge is 2.33. The Morgan fingerprint density at radius 1 is 1.06 bits per heavy atom. The smallest absolute Gasteiger partial charge is 0.0677 e. The molecule has 0 atom stereocenters. The molecule has 2 aromatic carbocycles. The Labute approximate surface area is 134 Å². The Bertz CT molecular complexity index is 699. The molecule has 0 radical (unpaired) electrons. The summed E-state index contributed by atoms with van der Waals surface area (Å²) in [5.74, 6) is 0. The molecule has 0 aromatic heterocycles. The fourth-order valence-electron chi connectivity index (χ4n) is 2.60. The molecule has 0 N–H and O–H groups in total. The highest BCUT2D eigenvalue weighted by Crippen LogP contribution is 2.45. The van der Waals surface area contributed by atoms with E-state index in [0.29, 0.717) is 0 Å². The zero-order valence-corrected chi connectivity index (χ0v) is 14.8. The third-order valence-electron chi connectivity index (χ3n) is 3.85. The van der Waals surface area contributed by atoms with E-state index in [1.165, 1.54) is 29.2 Å². The van der Waals surface area contributed by atoms with Gasteiger partial charge < -0.3 is 0 Å². The van der Waals surface area contributed by atoms with E-state index in [-0.39, 0.29) is 5.41 Å². The van der Waals surface area contributed by atoms with Gasteiger partial charge in [0.05, 0.1) is 5.69 Å². The number of nitrogens with zero attached hydrogens (tertiary/aromatic N) is 1. The predicted octanol–water partition coefficient (Wildman–Crippen LogP) is 5.43. The SMILES string of the molecule is CC1=Nc2ccc3c(I)cc(I)cc3c2C1(C)C. The molecule has 2 aromatic rings. The molecule has 0 saturated carbocycles. The maximum atomic E-state index is 4.73.